The second kappa shape index (κ2) is 3.18. The molecule has 0 aliphatic carbocycles. The Kier molecular flexibility index (Phi) is 2.48. The largest absolute Gasteiger partial charge is 0.399 e. The molecule has 0 atom stereocenters. The van der Waals surface area contributed by atoms with Crippen molar-refractivity contribution in [3.63, 3.8) is 0 Å². The van der Waals surface area contributed by atoms with E-state index in [9.17, 15) is 4.39 Å². The van der Waals surface area contributed by atoms with E-state index in [0.29, 0.717) is 15.7 Å². The van der Waals surface area contributed by atoms with Crippen LogP contribution in [0.1, 0.15) is 5.56 Å². The van der Waals surface area contributed by atoms with Gasteiger partial charge in [-0.05, 0) is 23.8 Å². The van der Waals surface area contributed by atoms with Gasteiger partial charge in [0.1, 0.15) is 5.82 Å². The number of halogens is 2. The molecular formula is C7H7FIN. The lowest BCUT2D eigenvalue weighted by Crippen LogP contribution is -1.89. The van der Waals surface area contributed by atoms with Gasteiger partial charge in [-0.1, -0.05) is 22.6 Å². The molecule has 1 nitrogen and oxygen atoms in total. The molecule has 54 valence electrons. The molecule has 0 aliphatic heterocycles. The standard InChI is InChI=1S/C7H7FIN/c8-7-2-1-6(10)3-5(7)4-9/h1-3H,4,10H2. The van der Waals surface area contributed by atoms with Crippen molar-refractivity contribution in [2.75, 3.05) is 5.73 Å². The molecule has 3 heteroatoms. The van der Waals surface area contributed by atoms with Gasteiger partial charge in [0, 0.05) is 10.1 Å². The predicted octanol–water partition coefficient (Wildman–Crippen LogP) is 2.34. The van der Waals surface area contributed by atoms with Crippen molar-refractivity contribution in [3.05, 3.63) is 29.6 Å². The molecule has 0 fully saturated rings. The maximum Gasteiger partial charge on any atom is 0.127 e. The molecule has 0 amide bonds. The fraction of sp³-hybridized carbons (Fsp3) is 0.143. The van der Waals surface area contributed by atoms with Crippen molar-refractivity contribution in [2.45, 2.75) is 4.43 Å². The minimum absolute atomic E-state index is 0.177. The zero-order valence-corrected chi connectivity index (χ0v) is 7.43. The van der Waals surface area contributed by atoms with E-state index in [1.54, 1.807) is 12.1 Å². The lowest BCUT2D eigenvalue weighted by atomic mass is 10.2. The Labute approximate surface area is 72.6 Å². The van der Waals surface area contributed by atoms with E-state index < -0.39 is 0 Å². The van der Waals surface area contributed by atoms with E-state index in [0.717, 1.165) is 0 Å². The maximum absolute atomic E-state index is 12.7. The van der Waals surface area contributed by atoms with Crippen LogP contribution in [-0.2, 0) is 4.43 Å². The van der Waals surface area contributed by atoms with Crippen LogP contribution in [0.5, 0.6) is 0 Å². The van der Waals surface area contributed by atoms with Gasteiger partial charge in [0.05, 0.1) is 0 Å². The van der Waals surface area contributed by atoms with Crippen LogP contribution in [-0.4, -0.2) is 0 Å². The molecule has 0 spiro atoms. The molecule has 0 radical (unpaired) electrons. The van der Waals surface area contributed by atoms with Crippen LogP contribution in [0.4, 0.5) is 10.1 Å². The van der Waals surface area contributed by atoms with Gasteiger partial charge in [-0.15, -0.1) is 0 Å². The quantitative estimate of drug-likeness (QED) is 0.462. The van der Waals surface area contributed by atoms with Crippen molar-refractivity contribution in [2.24, 2.45) is 0 Å². The van der Waals surface area contributed by atoms with Crippen LogP contribution in [0.2, 0.25) is 0 Å². The Morgan fingerprint density at radius 1 is 1.50 bits per heavy atom. The topological polar surface area (TPSA) is 26.0 Å². The number of hydrogen-bond acceptors (Lipinski definition) is 1. The van der Waals surface area contributed by atoms with Gasteiger partial charge in [-0.3, -0.25) is 0 Å². The van der Waals surface area contributed by atoms with E-state index in [1.165, 1.54) is 6.07 Å². The first-order valence-corrected chi connectivity index (χ1v) is 4.36. The highest BCUT2D eigenvalue weighted by atomic mass is 127. The number of alkyl halides is 1. The molecule has 0 saturated heterocycles. The average Bonchev–Trinajstić information content (AvgIpc) is 1.94. The third-order valence-corrected chi connectivity index (χ3v) is 2.04. The van der Waals surface area contributed by atoms with Gasteiger partial charge in [0.15, 0.2) is 0 Å². The Hall–Kier alpha value is -0.320. The maximum atomic E-state index is 12.7. The Balaban J connectivity index is 3.09. The molecular weight excluding hydrogens is 244 g/mol. The lowest BCUT2D eigenvalue weighted by Gasteiger charge is -1.98. The molecule has 0 saturated carbocycles. The Morgan fingerprint density at radius 3 is 2.70 bits per heavy atom. The third kappa shape index (κ3) is 1.59. The summed E-state index contributed by atoms with van der Waals surface area (Å²) in [6, 6.07) is 4.61. The molecule has 0 aliphatic rings. The highest BCUT2D eigenvalue weighted by molar-refractivity contribution is 14.1. The van der Waals surface area contributed by atoms with Crippen LogP contribution in [0.25, 0.3) is 0 Å². The third-order valence-electron chi connectivity index (χ3n) is 1.21. The minimum atomic E-state index is -0.177. The zero-order valence-electron chi connectivity index (χ0n) is 5.27. The Bertz CT molecular complexity index is 237. The van der Waals surface area contributed by atoms with Crippen molar-refractivity contribution in [1.29, 1.82) is 0 Å². The fourth-order valence-corrected chi connectivity index (χ4v) is 1.28. The Morgan fingerprint density at radius 2 is 2.20 bits per heavy atom. The highest BCUT2D eigenvalue weighted by Gasteiger charge is 1.98. The van der Waals surface area contributed by atoms with Crippen LogP contribution < -0.4 is 5.73 Å². The van der Waals surface area contributed by atoms with Crippen LogP contribution in [0.15, 0.2) is 18.2 Å². The van der Waals surface area contributed by atoms with E-state index in [-0.39, 0.29) is 5.82 Å². The van der Waals surface area contributed by atoms with Gasteiger partial charge >= 0.3 is 0 Å². The van der Waals surface area contributed by atoms with Crippen LogP contribution >= 0.6 is 22.6 Å². The van der Waals surface area contributed by atoms with Crippen LogP contribution in [0, 0.1) is 5.82 Å². The van der Waals surface area contributed by atoms with Crippen molar-refractivity contribution < 1.29 is 4.39 Å². The number of hydrogen-bond donors (Lipinski definition) is 1. The smallest absolute Gasteiger partial charge is 0.127 e. The van der Waals surface area contributed by atoms with Crippen molar-refractivity contribution in [3.8, 4) is 0 Å². The molecule has 1 aromatic carbocycles. The molecule has 1 aromatic rings. The van der Waals surface area contributed by atoms with Crippen molar-refractivity contribution >= 4 is 28.3 Å². The van der Waals surface area contributed by atoms with Crippen LogP contribution in [0.3, 0.4) is 0 Å². The van der Waals surface area contributed by atoms with Gasteiger partial charge in [-0.2, -0.15) is 0 Å². The highest BCUT2D eigenvalue weighted by Crippen LogP contribution is 2.14. The van der Waals surface area contributed by atoms with Gasteiger partial charge in [0.2, 0.25) is 0 Å². The summed E-state index contributed by atoms with van der Waals surface area (Å²) in [5.41, 5.74) is 6.72. The van der Waals surface area contributed by atoms with E-state index in [2.05, 4.69) is 22.6 Å². The summed E-state index contributed by atoms with van der Waals surface area (Å²) >= 11 is 2.10. The van der Waals surface area contributed by atoms with E-state index in [1.807, 2.05) is 0 Å². The lowest BCUT2D eigenvalue weighted by molar-refractivity contribution is 0.618. The summed E-state index contributed by atoms with van der Waals surface area (Å²) < 4.78 is 13.4. The summed E-state index contributed by atoms with van der Waals surface area (Å²) in [5, 5.41) is 0. The summed E-state index contributed by atoms with van der Waals surface area (Å²) in [6.45, 7) is 0. The molecule has 0 bridgehead atoms. The molecule has 1 rings (SSSR count). The summed E-state index contributed by atoms with van der Waals surface area (Å²) in [5.74, 6) is -0.177. The number of nitrogen functional groups attached to an aromatic ring is 1. The van der Waals surface area contributed by atoms with Gasteiger partial charge < -0.3 is 5.73 Å². The summed E-state index contributed by atoms with van der Waals surface area (Å²) in [4.78, 5) is 0. The molecule has 0 unspecified atom stereocenters. The van der Waals surface area contributed by atoms with E-state index in [4.69, 9.17) is 5.73 Å². The van der Waals surface area contributed by atoms with E-state index >= 15 is 0 Å². The second-order valence-electron chi connectivity index (χ2n) is 1.98. The fourth-order valence-electron chi connectivity index (χ4n) is 0.697. The van der Waals surface area contributed by atoms with Gasteiger partial charge in [-0.25, -0.2) is 4.39 Å². The molecule has 2 N–H and O–H groups in total. The van der Waals surface area contributed by atoms with Gasteiger partial charge in [0.25, 0.3) is 0 Å². The number of rotatable bonds is 1. The number of benzene rings is 1. The number of nitrogens with two attached hydrogens (primary N) is 1. The molecule has 0 heterocycles. The predicted molar refractivity (Wildman–Crippen MR) is 48.5 cm³/mol. The first-order chi connectivity index (χ1) is 4.74. The molecule has 10 heavy (non-hydrogen) atoms. The second-order valence-corrected chi connectivity index (χ2v) is 2.75. The first kappa shape index (κ1) is 7.78. The first-order valence-electron chi connectivity index (χ1n) is 2.84. The molecule has 0 aromatic heterocycles. The average molecular weight is 251 g/mol. The monoisotopic (exact) mass is 251 g/mol. The summed E-state index contributed by atoms with van der Waals surface area (Å²) in [7, 11) is 0. The summed E-state index contributed by atoms with van der Waals surface area (Å²) in [6.07, 6.45) is 0. The SMILES string of the molecule is Nc1ccc(F)c(CI)c1. The normalized spacial score (nSPS) is 9.80. The minimum Gasteiger partial charge on any atom is -0.399 e. The number of anilines is 1. The zero-order chi connectivity index (χ0) is 7.56. The van der Waals surface area contributed by atoms with Crippen molar-refractivity contribution in [1.82, 2.24) is 0 Å².